The fourth-order valence-corrected chi connectivity index (χ4v) is 5.79. The number of phosphoric ester groups is 1. The number of aromatic amines is 1. The molecule has 4 rings (SSSR count). The van der Waals surface area contributed by atoms with Crippen molar-refractivity contribution in [3.63, 3.8) is 0 Å². The molecular weight excluding hydrogens is 548 g/mol. The van der Waals surface area contributed by atoms with Crippen molar-refractivity contribution in [2.75, 3.05) is 13.2 Å². The number of alkyl halides is 1. The third-order valence-corrected chi connectivity index (χ3v) is 7.99. The van der Waals surface area contributed by atoms with Crippen LogP contribution in [0.3, 0.4) is 0 Å². The molecule has 1 aromatic heterocycles. The molecule has 2 fully saturated rings. The maximum atomic E-state index is 16.2. The van der Waals surface area contributed by atoms with Gasteiger partial charge in [-0.3, -0.25) is 32.7 Å². The Morgan fingerprint density at radius 3 is 2.84 bits per heavy atom. The molecule has 0 aliphatic carbocycles. The number of esters is 1. The minimum absolute atomic E-state index is 0.0416. The standard InChI is InChI=1S/C23H28ClFN3O9P/c1-3-15(26)20(30)36-19-17(35-21(23(19,2)25)28-9-7-18(29)27-22(28)31)12-34-38(32)33-10-8-16(37-38)13-5-4-6-14(24)11-13/h4-7,9,11,15-17,19,21H,3,8,10,12,26H2,1-2H3,(H,27,29,31)/t15?,16?,17-,19-,21-,23-,38?/m1/s1. The van der Waals surface area contributed by atoms with Crippen LogP contribution in [0.4, 0.5) is 4.39 Å². The van der Waals surface area contributed by atoms with Crippen molar-refractivity contribution in [1.29, 1.82) is 0 Å². The summed E-state index contributed by atoms with van der Waals surface area (Å²) in [7, 11) is -4.16. The normalized spacial score (nSPS) is 32.1. The number of carbonyl (C=O) groups excluding carboxylic acids is 1. The topological polar surface area (TPSA) is 161 Å². The van der Waals surface area contributed by atoms with Crippen molar-refractivity contribution in [2.24, 2.45) is 5.73 Å². The highest BCUT2D eigenvalue weighted by Gasteiger charge is 2.59. The lowest BCUT2D eigenvalue weighted by Gasteiger charge is -2.31. The first kappa shape index (κ1) is 28.6. The molecular formula is C23H28ClFN3O9P. The van der Waals surface area contributed by atoms with Crippen LogP contribution in [-0.2, 0) is 32.4 Å². The summed E-state index contributed by atoms with van der Waals surface area (Å²) in [5, 5.41) is 0.466. The molecule has 2 aromatic rings. The number of nitrogens with zero attached hydrogens (tertiary/aromatic N) is 1. The van der Waals surface area contributed by atoms with Gasteiger partial charge in [0.2, 0.25) is 0 Å². The first-order valence-electron chi connectivity index (χ1n) is 11.9. The molecule has 38 heavy (non-hydrogen) atoms. The molecule has 12 nitrogen and oxygen atoms in total. The highest BCUT2D eigenvalue weighted by Crippen LogP contribution is 2.57. The molecule has 7 atom stereocenters. The lowest BCUT2D eigenvalue weighted by atomic mass is 9.98. The summed E-state index contributed by atoms with van der Waals surface area (Å²) in [4.78, 5) is 38.3. The molecule has 2 aliphatic heterocycles. The quantitative estimate of drug-likeness (QED) is 0.354. The number of ether oxygens (including phenoxy) is 2. The number of aromatic nitrogens is 2. The number of phosphoric acid groups is 1. The van der Waals surface area contributed by atoms with Crippen LogP contribution in [0.2, 0.25) is 5.02 Å². The van der Waals surface area contributed by atoms with Gasteiger partial charge in [-0.25, -0.2) is 13.8 Å². The van der Waals surface area contributed by atoms with Gasteiger partial charge in [-0.2, -0.15) is 0 Å². The predicted octanol–water partition coefficient (Wildman–Crippen LogP) is 2.77. The number of benzene rings is 1. The summed E-state index contributed by atoms with van der Waals surface area (Å²) in [5.41, 5.74) is 2.28. The Morgan fingerprint density at radius 1 is 1.39 bits per heavy atom. The molecule has 3 N–H and O–H groups in total. The SMILES string of the molecule is CCC(N)C(=O)O[C@@H]1[C@@H](COP2(=O)OCCC(c3cccc(Cl)c3)O2)O[C@@H](n2ccc(=O)[nH]c2=O)[C@]1(C)F. The summed E-state index contributed by atoms with van der Waals surface area (Å²) in [6.07, 6.45) is -3.61. The van der Waals surface area contributed by atoms with Crippen LogP contribution in [0.25, 0.3) is 0 Å². The molecule has 0 saturated carbocycles. The van der Waals surface area contributed by atoms with Gasteiger partial charge >= 0.3 is 19.5 Å². The van der Waals surface area contributed by atoms with Gasteiger partial charge < -0.3 is 15.2 Å². The Kier molecular flexibility index (Phi) is 8.58. The Bertz CT molecular complexity index is 1340. The van der Waals surface area contributed by atoms with Crippen molar-refractivity contribution in [2.45, 2.75) is 62.9 Å². The maximum Gasteiger partial charge on any atom is 0.475 e. The number of hydrogen-bond acceptors (Lipinski definition) is 10. The maximum absolute atomic E-state index is 16.2. The van der Waals surface area contributed by atoms with Crippen LogP contribution in [0.1, 0.15) is 44.6 Å². The zero-order valence-electron chi connectivity index (χ0n) is 20.6. The van der Waals surface area contributed by atoms with E-state index in [0.717, 1.165) is 23.8 Å². The van der Waals surface area contributed by atoms with E-state index in [4.69, 9.17) is 40.4 Å². The van der Waals surface area contributed by atoms with Crippen LogP contribution in [0.5, 0.6) is 0 Å². The van der Waals surface area contributed by atoms with Crippen LogP contribution in [0, 0.1) is 0 Å². The van der Waals surface area contributed by atoms with Crippen molar-refractivity contribution < 1.29 is 36.8 Å². The second kappa shape index (κ2) is 11.4. The van der Waals surface area contributed by atoms with E-state index in [1.807, 2.05) is 4.98 Å². The van der Waals surface area contributed by atoms with E-state index in [1.54, 1.807) is 31.2 Å². The number of carbonyl (C=O) groups is 1. The number of nitrogens with one attached hydrogen (secondary N) is 1. The van der Waals surface area contributed by atoms with Crippen molar-refractivity contribution >= 4 is 25.4 Å². The second-order valence-corrected chi connectivity index (χ2v) is 11.1. The molecule has 1 aromatic carbocycles. The largest absolute Gasteiger partial charge is 0.475 e. The van der Waals surface area contributed by atoms with Crippen molar-refractivity contribution in [1.82, 2.24) is 9.55 Å². The average Bonchev–Trinajstić information content (AvgIpc) is 3.11. The summed E-state index contributed by atoms with van der Waals surface area (Å²) < 4.78 is 57.8. The van der Waals surface area contributed by atoms with Crippen LogP contribution in [0.15, 0.2) is 46.1 Å². The van der Waals surface area contributed by atoms with E-state index in [9.17, 15) is 18.9 Å². The van der Waals surface area contributed by atoms with Gasteiger partial charge in [0.1, 0.15) is 12.1 Å². The van der Waals surface area contributed by atoms with Gasteiger partial charge in [-0.1, -0.05) is 30.7 Å². The van der Waals surface area contributed by atoms with Gasteiger partial charge in [0.15, 0.2) is 18.0 Å². The summed E-state index contributed by atoms with van der Waals surface area (Å²) in [5.74, 6) is -0.901. The first-order valence-corrected chi connectivity index (χ1v) is 13.7. The van der Waals surface area contributed by atoms with Crippen LogP contribution >= 0.6 is 19.4 Å². The Labute approximate surface area is 221 Å². The van der Waals surface area contributed by atoms with Gasteiger partial charge in [0.25, 0.3) is 5.56 Å². The van der Waals surface area contributed by atoms with Crippen molar-refractivity contribution in [3.05, 3.63) is 68.0 Å². The van der Waals surface area contributed by atoms with Gasteiger partial charge in [0.05, 0.1) is 19.3 Å². The Balaban J connectivity index is 1.56. The summed E-state index contributed by atoms with van der Waals surface area (Å²) in [6.45, 7) is 2.16. The van der Waals surface area contributed by atoms with E-state index in [0.29, 0.717) is 17.0 Å². The van der Waals surface area contributed by atoms with Gasteiger partial charge in [-0.05, 0) is 31.0 Å². The summed E-state index contributed by atoms with van der Waals surface area (Å²) in [6, 6.07) is 6.78. The molecule has 0 amide bonds. The van der Waals surface area contributed by atoms with Crippen LogP contribution < -0.4 is 17.0 Å². The highest BCUT2D eigenvalue weighted by molar-refractivity contribution is 7.48. The lowest BCUT2D eigenvalue weighted by molar-refractivity contribution is -0.160. The number of H-pyrrole nitrogens is 1. The number of nitrogens with two attached hydrogens (primary N) is 1. The van der Waals surface area contributed by atoms with E-state index >= 15 is 4.39 Å². The van der Waals surface area contributed by atoms with Gasteiger partial charge in [0, 0.05) is 23.7 Å². The second-order valence-electron chi connectivity index (χ2n) is 9.08. The smallest absolute Gasteiger partial charge is 0.455 e. The fourth-order valence-electron chi connectivity index (χ4n) is 4.20. The van der Waals surface area contributed by atoms with E-state index < -0.39 is 67.9 Å². The third kappa shape index (κ3) is 6.09. The summed E-state index contributed by atoms with van der Waals surface area (Å²) >= 11 is 6.05. The Hall–Kier alpha value is -2.38. The molecule has 0 radical (unpaired) electrons. The number of halogens is 2. The third-order valence-electron chi connectivity index (χ3n) is 6.27. The molecule has 2 saturated heterocycles. The molecule has 2 aliphatic rings. The monoisotopic (exact) mass is 575 g/mol. The van der Waals surface area contributed by atoms with E-state index in [2.05, 4.69) is 0 Å². The first-order chi connectivity index (χ1) is 17.9. The molecule has 0 bridgehead atoms. The number of hydrogen-bond donors (Lipinski definition) is 2. The molecule has 15 heteroatoms. The van der Waals surface area contributed by atoms with E-state index in [-0.39, 0.29) is 13.0 Å². The molecule has 3 unspecified atom stereocenters. The predicted molar refractivity (Wildman–Crippen MR) is 132 cm³/mol. The zero-order valence-corrected chi connectivity index (χ0v) is 22.2. The van der Waals surface area contributed by atoms with Gasteiger partial charge in [-0.15, -0.1) is 0 Å². The molecule has 3 heterocycles. The number of rotatable bonds is 8. The van der Waals surface area contributed by atoms with E-state index in [1.165, 1.54) is 0 Å². The fraction of sp³-hybridized carbons (Fsp3) is 0.522. The average molecular weight is 576 g/mol. The Morgan fingerprint density at radius 2 is 2.16 bits per heavy atom. The van der Waals surface area contributed by atoms with Crippen molar-refractivity contribution in [3.8, 4) is 0 Å². The minimum atomic E-state index is -4.16. The molecule has 208 valence electrons. The lowest BCUT2D eigenvalue weighted by Crippen LogP contribution is -2.48. The minimum Gasteiger partial charge on any atom is -0.455 e. The highest BCUT2D eigenvalue weighted by atomic mass is 35.5. The zero-order chi connectivity index (χ0) is 27.7. The molecule has 0 spiro atoms. The van der Waals surface area contributed by atoms with Crippen LogP contribution in [-0.4, -0.2) is 52.7 Å².